The highest BCUT2D eigenvalue weighted by Crippen LogP contribution is 2.30. The van der Waals surface area contributed by atoms with Crippen molar-refractivity contribution in [2.45, 2.75) is 19.8 Å². The van der Waals surface area contributed by atoms with Gasteiger partial charge in [0, 0.05) is 17.3 Å². The van der Waals surface area contributed by atoms with Crippen molar-refractivity contribution in [2.24, 2.45) is 5.92 Å². The van der Waals surface area contributed by atoms with Gasteiger partial charge in [-0.15, -0.1) is 11.3 Å². The van der Waals surface area contributed by atoms with E-state index in [0.29, 0.717) is 5.92 Å². The summed E-state index contributed by atoms with van der Waals surface area (Å²) in [4.78, 5) is 10.9. The molecule has 1 fully saturated rings. The standard InChI is InChI=1S/C13H17N3OS/c1-2-10-5-11-12(15-8-16-13(11)18-10)17-7-9-3-4-14-6-9/h5,8-9,14H,2-4,6-7H2,1H3. The minimum absolute atomic E-state index is 0.610. The predicted molar refractivity (Wildman–Crippen MR) is 73.3 cm³/mol. The SMILES string of the molecule is CCc1cc2c(OCC3CCNC3)ncnc2s1. The van der Waals surface area contributed by atoms with Crippen LogP contribution in [-0.2, 0) is 6.42 Å². The molecule has 0 bridgehead atoms. The zero-order chi connectivity index (χ0) is 12.4. The Kier molecular flexibility index (Phi) is 3.43. The van der Waals surface area contributed by atoms with E-state index in [1.165, 1.54) is 11.3 Å². The number of nitrogens with zero attached hydrogens (tertiary/aromatic N) is 2. The second-order valence-electron chi connectivity index (χ2n) is 4.63. The van der Waals surface area contributed by atoms with E-state index in [9.17, 15) is 0 Å². The minimum Gasteiger partial charge on any atom is -0.477 e. The van der Waals surface area contributed by atoms with Crippen LogP contribution in [0.1, 0.15) is 18.2 Å². The van der Waals surface area contributed by atoms with Crippen molar-refractivity contribution in [1.82, 2.24) is 15.3 Å². The first kappa shape index (κ1) is 11.9. The summed E-state index contributed by atoms with van der Waals surface area (Å²) >= 11 is 1.73. The number of hydrogen-bond acceptors (Lipinski definition) is 5. The zero-order valence-corrected chi connectivity index (χ0v) is 11.3. The van der Waals surface area contributed by atoms with Crippen molar-refractivity contribution >= 4 is 21.6 Å². The van der Waals surface area contributed by atoms with Gasteiger partial charge in [0.1, 0.15) is 11.2 Å². The van der Waals surface area contributed by atoms with Crippen LogP contribution in [0.4, 0.5) is 0 Å². The topological polar surface area (TPSA) is 47.0 Å². The van der Waals surface area contributed by atoms with Gasteiger partial charge in [0.15, 0.2) is 0 Å². The molecule has 0 spiro atoms. The second-order valence-corrected chi connectivity index (χ2v) is 5.75. The highest BCUT2D eigenvalue weighted by atomic mass is 32.1. The molecule has 1 aliphatic rings. The van der Waals surface area contributed by atoms with Gasteiger partial charge in [-0.1, -0.05) is 6.92 Å². The van der Waals surface area contributed by atoms with Gasteiger partial charge in [-0.3, -0.25) is 0 Å². The molecule has 96 valence electrons. The molecule has 0 amide bonds. The lowest BCUT2D eigenvalue weighted by molar-refractivity contribution is 0.254. The Balaban J connectivity index is 1.79. The number of nitrogens with one attached hydrogen (secondary N) is 1. The molecule has 1 saturated heterocycles. The van der Waals surface area contributed by atoms with Crippen molar-refractivity contribution < 1.29 is 4.74 Å². The lowest BCUT2D eigenvalue weighted by atomic mass is 10.1. The largest absolute Gasteiger partial charge is 0.477 e. The highest BCUT2D eigenvalue weighted by molar-refractivity contribution is 7.18. The van der Waals surface area contributed by atoms with E-state index >= 15 is 0 Å². The van der Waals surface area contributed by atoms with Gasteiger partial charge in [-0.2, -0.15) is 0 Å². The smallest absolute Gasteiger partial charge is 0.225 e. The zero-order valence-electron chi connectivity index (χ0n) is 10.5. The summed E-state index contributed by atoms with van der Waals surface area (Å²) in [5, 5.41) is 4.41. The first-order chi connectivity index (χ1) is 8.86. The summed E-state index contributed by atoms with van der Waals surface area (Å²) in [5.74, 6) is 1.35. The van der Waals surface area contributed by atoms with E-state index in [-0.39, 0.29) is 0 Å². The normalized spacial score (nSPS) is 19.5. The number of rotatable bonds is 4. The predicted octanol–water partition coefficient (Wildman–Crippen LogP) is 2.24. The van der Waals surface area contributed by atoms with Crippen molar-refractivity contribution in [2.75, 3.05) is 19.7 Å². The molecule has 1 N–H and O–H groups in total. The number of ether oxygens (including phenoxy) is 1. The molecule has 5 heteroatoms. The van der Waals surface area contributed by atoms with E-state index in [0.717, 1.165) is 42.2 Å². The van der Waals surface area contributed by atoms with Gasteiger partial charge < -0.3 is 10.1 Å². The Hall–Kier alpha value is -1.20. The van der Waals surface area contributed by atoms with Crippen molar-refractivity contribution in [3.8, 4) is 5.88 Å². The lowest BCUT2D eigenvalue weighted by Crippen LogP contribution is -2.15. The molecular weight excluding hydrogens is 246 g/mol. The van der Waals surface area contributed by atoms with E-state index in [2.05, 4.69) is 28.3 Å². The molecule has 1 aliphatic heterocycles. The first-order valence-corrected chi connectivity index (χ1v) is 7.25. The average Bonchev–Trinajstić information content (AvgIpc) is 3.04. The molecule has 18 heavy (non-hydrogen) atoms. The highest BCUT2D eigenvalue weighted by Gasteiger charge is 2.16. The van der Waals surface area contributed by atoms with Crippen LogP contribution >= 0.6 is 11.3 Å². The average molecular weight is 263 g/mol. The van der Waals surface area contributed by atoms with E-state index in [1.807, 2.05) is 0 Å². The monoisotopic (exact) mass is 263 g/mol. The molecule has 4 nitrogen and oxygen atoms in total. The number of aromatic nitrogens is 2. The van der Waals surface area contributed by atoms with Crippen LogP contribution in [0, 0.1) is 5.92 Å². The fourth-order valence-electron chi connectivity index (χ4n) is 2.23. The molecule has 3 heterocycles. The molecule has 2 aromatic heterocycles. The van der Waals surface area contributed by atoms with E-state index in [1.54, 1.807) is 17.7 Å². The van der Waals surface area contributed by atoms with E-state index < -0.39 is 0 Å². The van der Waals surface area contributed by atoms with Crippen molar-refractivity contribution in [3.05, 3.63) is 17.3 Å². The summed E-state index contributed by atoms with van der Waals surface area (Å²) in [6.45, 7) is 5.06. The number of aryl methyl sites for hydroxylation is 1. The Bertz CT molecular complexity index is 534. The van der Waals surface area contributed by atoms with Crippen LogP contribution in [0.2, 0.25) is 0 Å². The molecule has 0 saturated carbocycles. The first-order valence-electron chi connectivity index (χ1n) is 6.43. The van der Waals surface area contributed by atoms with Crippen molar-refractivity contribution in [1.29, 1.82) is 0 Å². The summed E-state index contributed by atoms with van der Waals surface area (Å²) in [6, 6.07) is 2.15. The van der Waals surface area contributed by atoms with Crippen LogP contribution in [-0.4, -0.2) is 29.7 Å². The third-order valence-electron chi connectivity index (χ3n) is 3.31. The Labute approximate surface area is 110 Å². The molecule has 0 radical (unpaired) electrons. The molecule has 2 aromatic rings. The summed E-state index contributed by atoms with van der Waals surface area (Å²) < 4.78 is 5.88. The molecular formula is C13H17N3OS. The van der Waals surface area contributed by atoms with Gasteiger partial charge >= 0.3 is 0 Å². The van der Waals surface area contributed by atoms with E-state index in [4.69, 9.17) is 4.74 Å². The maximum atomic E-state index is 5.88. The molecule has 3 rings (SSSR count). The molecule has 0 aliphatic carbocycles. The Morgan fingerprint density at radius 1 is 1.50 bits per heavy atom. The van der Waals surface area contributed by atoms with Gasteiger partial charge in [-0.25, -0.2) is 9.97 Å². The Morgan fingerprint density at radius 3 is 3.22 bits per heavy atom. The molecule has 1 unspecified atom stereocenters. The summed E-state index contributed by atoms with van der Waals surface area (Å²) in [5.41, 5.74) is 0. The van der Waals surface area contributed by atoms with Gasteiger partial charge in [0.2, 0.25) is 5.88 Å². The second kappa shape index (κ2) is 5.20. The van der Waals surface area contributed by atoms with Gasteiger partial charge in [0.05, 0.1) is 12.0 Å². The molecule has 0 aromatic carbocycles. The minimum atomic E-state index is 0.610. The maximum Gasteiger partial charge on any atom is 0.225 e. The third kappa shape index (κ3) is 2.33. The fourth-order valence-corrected chi connectivity index (χ4v) is 3.15. The van der Waals surface area contributed by atoms with Gasteiger partial charge in [0.25, 0.3) is 0 Å². The number of thiophene rings is 1. The Morgan fingerprint density at radius 2 is 2.44 bits per heavy atom. The van der Waals surface area contributed by atoms with Gasteiger partial charge in [-0.05, 0) is 25.5 Å². The number of hydrogen-bond donors (Lipinski definition) is 1. The quantitative estimate of drug-likeness (QED) is 0.919. The van der Waals surface area contributed by atoms with Crippen molar-refractivity contribution in [3.63, 3.8) is 0 Å². The summed E-state index contributed by atoms with van der Waals surface area (Å²) in [6.07, 6.45) is 3.82. The van der Waals surface area contributed by atoms with Crippen LogP contribution in [0.15, 0.2) is 12.4 Å². The lowest BCUT2D eigenvalue weighted by Gasteiger charge is -2.10. The van der Waals surface area contributed by atoms with Crippen LogP contribution in [0.5, 0.6) is 5.88 Å². The van der Waals surface area contributed by atoms with Crippen LogP contribution in [0.3, 0.4) is 0 Å². The third-order valence-corrected chi connectivity index (χ3v) is 4.50. The molecule has 1 atom stereocenters. The summed E-state index contributed by atoms with van der Waals surface area (Å²) in [7, 11) is 0. The van der Waals surface area contributed by atoms with Crippen LogP contribution < -0.4 is 10.1 Å². The maximum absolute atomic E-state index is 5.88. The number of fused-ring (bicyclic) bond motifs is 1. The fraction of sp³-hybridized carbons (Fsp3) is 0.538. The van der Waals surface area contributed by atoms with Crippen LogP contribution in [0.25, 0.3) is 10.2 Å².